The van der Waals surface area contributed by atoms with Gasteiger partial charge in [-0.15, -0.1) is 0 Å². The number of halogens is 1. The second-order valence-corrected chi connectivity index (χ2v) is 11.1. The molecule has 0 unspecified atom stereocenters. The van der Waals surface area contributed by atoms with Gasteiger partial charge in [-0.2, -0.15) is 0 Å². The molecule has 3 heterocycles. The van der Waals surface area contributed by atoms with Crippen molar-refractivity contribution >= 4 is 34.7 Å². The van der Waals surface area contributed by atoms with Gasteiger partial charge in [-0.25, -0.2) is 4.98 Å². The standard InChI is InChI=1S/C31H38ClN5O2/c1-21-18-22(2)29(34-24-11-14-35(15-12-24)30-27(32)10-7-13-33-30)23(3)28(21)31(39)36-16-17-37(26(19-36)20-38)25-8-5-4-6-9-25/h4-10,13,18,24,26,34,38H,11-12,14-17,19-20H2,1-3H3/t26-/m0/s1. The van der Waals surface area contributed by atoms with Crippen LogP contribution >= 0.6 is 11.6 Å². The molecule has 0 bridgehead atoms. The molecule has 0 aliphatic carbocycles. The Morgan fingerprint density at radius 3 is 2.46 bits per heavy atom. The first-order valence-corrected chi connectivity index (χ1v) is 14.2. The summed E-state index contributed by atoms with van der Waals surface area (Å²) in [7, 11) is 0. The number of piperazine rings is 1. The first-order chi connectivity index (χ1) is 18.9. The molecule has 0 saturated carbocycles. The molecule has 1 atom stereocenters. The average Bonchev–Trinajstić information content (AvgIpc) is 2.96. The predicted molar refractivity (Wildman–Crippen MR) is 159 cm³/mol. The van der Waals surface area contributed by atoms with Crippen molar-refractivity contribution in [1.29, 1.82) is 0 Å². The van der Waals surface area contributed by atoms with E-state index in [0.717, 1.165) is 65.4 Å². The number of benzene rings is 2. The van der Waals surface area contributed by atoms with E-state index in [-0.39, 0.29) is 18.6 Å². The molecule has 0 spiro atoms. The fourth-order valence-corrected chi connectivity index (χ4v) is 6.34. The van der Waals surface area contributed by atoms with Crippen molar-refractivity contribution in [1.82, 2.24) is 9.88 Å². The fraction of sp³-hybridized carbons (Fsp3) is 0.419. The number of pyridine rings is 1. The van der Waals surface area contributed by atoms with Gasteiger partial charge in [0.15, 0.2) is 0 Å². The van der Waals surface area contributed by atoms with Crippen molar-refractivity contribution in [3.05, 3.63) is 82.0 Å². The van der Waals surface area contributed by atoms with E-state index in [4.69, 9.17) is 11.6 Å². The molecule has 39 heavy (non-hydrogen) atoms. The number of amides is 1. The number of hydrogen-bond acceptors (Lipinski definition) is 6. The number of carbonyl (C=O) groups excluding carboxylic acids is 1. The maximum atomic E-state index is 13.9. The van der Waals surface area contributed by atoms with Crippen LogP contribution in [0.3, 0.4) is 0 Å². The number of piperidine rings is 1. The molecule has 2 N–H and O–H groups in total. The van der Waals surface area contributed by atoms with Gasteiger partial charge in [-0.1, -0.05) is 35.9 Å². The first kappa shape index (κ1) is 27.3. The number of anilines is 3. The van der Waals surface area contributed by atoms with Crippen LogP contribution in [-0.2, 0) is 0 Å². The topological polar surface area (TPSA) is 71.9 Å². The van der Waals surface area contributed by atoms with Crippen molar-refractivity contribution in [3.8, 4) is 0 Å². The molecule has 8 heteroatoms. The lowest BCUT2D eigenvalue weighted by Crippen LogP contribution is -2.56. The van der Waals surface area contributed by atoms with Gasteiger partial charge >= 0.3 is 0 Å². The van der Waals surface area contributed by atoms with Crippen LogP contribution in [0, 0.1) is 20.8 Å². The van der Waals surface area contributed by atoms with E-state index >= 15 is 0 Å². The fourth-order valence-electron chi connectivity index (χ4n) is 6.10. The van der Waals surface area contributed by atoms with Crippen LogP contribution in [0.1, 0.15) is 39.9 Å². The van der Waals surface area contributed by atoms with Crippen LogP contribution in [-0.4, -0.2) is 72.3 Å². The molecular weight excluding hydrogens is 510 g/mol. The lowest BCUT2D eigenvalue weighted by Gasteiger charge is -2.42. The normalized spacial score (nSPS) is 18.4. The third-order valence-corrected chi connectivity index (χ3v) is 8.43. The molecule has 1 aromatic heterocycles. The third kappa shape index (κ3) is 5.70. The number of aliphatic hydroxyl groups is 1. The molecule has 3 aromatic rings. The van der Waals surface area contributed by atoms with Crippen LogP contribution in [0.5, 0.6) is 0 Å². The highest BCUT2D eigenvalue weighted by Gasteiger charge is 2.32. The number of aliphatic hydroxyl groups excluding tert-OH is 1. The minimum absolute atomic E-state index is 0.000245. The summed E-state index contributed by atoms with van der Waals surface area (Å²) < 4.78 is 0. The molecular formula is C31H38ClN5O2. The van der Waals surface area contributed by atoms with E-state index in [1.165, 1.54) is 0 Å². The van der Waals surface area contributed by atoms with Crippen molar-refractivity contribution in [3.63, 3.8) is 0 Å². The predicted octanol–water partition coefficient (Wildman–Crippen LogP) is 5.06. The molecule has 2 saturated heterocycles. The highest BCUT2D eigenvalue weighted by molar-refractivity contribution is 6.32. The van der Waals surface area contributed by atoms with E-state index in [2.05, 4.69) is 52.1 Å². The molecule has 206 valence electrons. The van der Waals surface area contributed by atoms with Gasteiger partial charge < -0.3 is 25.1 Å². The number of rotatable bonds is 6. The highest BCUT2D eigenvalue weighted by Crippen LogP contribution is 2.32. The van der Waals surface area contributed by atoms with E-state index < -0.39 is 0 Å². The number of nitrogens with zero attached hydrogens (tertiary/aromatic N) is 4. The Balaban J connectivity index is 1.30. The summed E-state index contributed by atoms with van der Waals surface area (Å²) in [6.07, 6.45) is 3.71. The quantitative estimate of drug-likeness (QED) is 0.449. The van der Waals surface area contributed by atoms with Gasteiger partial charge in [0.25, 0.3) is 5.91 Å². The highest BCUT2D eigenvalue weighted by atomic mass is 35.5. The molecule has 2 aliphatic rings. The zero-order valence-electron chi connectivity index (χ0n) is 23.0. The maximum absolute atomic E-state index is 13.9. The Morgan fingerprint density at radius 1 is 1.03 bits per heavy atom. The second-order valence-electron chi connectivity index (χ2n) is 10.7. The molecule has 1 amide bonds. The van der Waals surface area contributed by atoms with E-state index in [9.17, 15) is 9.90 Å². The van der Waals surface area contributed by atoms with E-state index in [0.29, 0.717) is 30.7 Å². The van der Waals surface area contributed by atoms with Crippen molar-refractivity contribution < 1.29 is 9.90 Å². The van der Waals surface area contributed by atoms with Crippen LogP contribution in [0.2, 0.25) is 5.02 Å². The van der Waals surface area contributed by atoms with Crippen molar-refractivity contribution in [2.24, 2.45) is 0 Å². The van der Waals surface area contributed by atoms with Gasteiger partial charge in [0.1, 0.15) is 5.82 Å². The second kappa shape index (κ2) is 11.8. The Kier molecular flexibility index (Phi) is 8.29. The summed E-state index contributed by atoms with van der Waals surface area (Å²) in [5.41, 5.74) is 6.04. The Morgan fingerprint density at radius 2 is 1.77 bits per heavy atom. The summed E-state index contributed by atoms with van der Waals surface area (Å²) in [4.78, 5) is 24.7. The SMILES string of the molecule is Cc1cc(C)c(C(=O)N2CCN(c3ccccc3)[C@H](CO)C2)c(C)c1NC1CCN(c2ncccc2Cl)CC1. The Labute approximate surface area is 236 Å². The van der Waals surface area contributed by atoms with Crippen LogP contribution in [0.15, 0.2) is 54.7 Å². The molecule has 5 rings (SSSR count). The lowest BCUT2D eigenvalue weighted by atomic mass is 9.94. The number of carbonyl (C=O) groups is 1. The molecule has 2 aromatic carbocycles. The molecule has 2 aliphatic heterocycles. The summed E-state index contributed by atoms with van der Waals surface area (Å²) >= 11 is 6.38. The third-order valence-electron chi connectivity index (χ3n) is 8.14. The number of nitrogens with one attached hydrogen (secondary N) is 1. The average molecular weight is 548 g/mol. The number of aromatic nitrogens is 1. The largest absolute Gasteiger partial charge is 0.394 e. The van der Waals surface area contributed by atoms with Gasteiger partial charge in [0.05, 0.1) is 17.7 Å². The molecule has 0 radical (unpaired) electrons. The van der Waals surface area contributed by atoms with Crippen molar-refractivity contribution in [2.45, 2.75) is 45.7 Å². The van der Waals surface area contributed by atoms with Crippen LogP contribution in [0.4, 0.5) is 17.2 Å². The van der Waals surface area contributed by atoms with E-state index in [1.54, 1.807) is 6.20 Å². The lowest BCUT2D eigenvalue weighted by molar-refractivity contribution is 0.0698. The number of hydrogen-bond donors (Lipinski definition) is 2. The van der Waals surface area contributed by atoms with Crippen LogP contribution in [0.25, 0.3) is 0 Å². The first-order valence-electron chi connectivity index (χ1n) is 13.8. The minimum Gasteiger partial charge on any atom is -0.394 e. The monoisotopic (exact) mass is 547 g/mol. The van der Waals surface area contributed by atoms with Crippen LogP contribution < -0.4 is 15.1 Å². The molecule has 2 fully saturated rings. The van der Waals surface area contributed by atoms with Gasteiger partial charge in [-0.3, -0.25) is 4.79 Å². The minimum atomic E-state index is -0.133. The van der Waals surface area contributed by atoms with Gasteiger partial charge in [0.2, 0.25) is 0 Å². The van der Waals surface area contributed by atoms with E-state index in [1.807, 2.05) is 42.2 Å². The Hall–Kier alpha value is -3.29. The van der Waals surface area contributed by atoms with Gasteiger partial charge in [0, 0.05) is 61.9 Å². The molecule has 7 nitrogen and oxygen atoms in total. The zero-order valence-corrected chi connectivity index (χ0v) is 23.8. The zero-order chi connectivity index (χ0) is 27.5. The van der Waals surface area contributed by atoms with Crippen molar-refractivity contribution in [2.75, 3.05) is 54.4 Å². The Bertz CT molecular complexity index is 1310. The van der Waals surface area contributed by atoms with Gasteiger partial charge in [-0.05, 0) is 74.6 Å². The summed E-state index contributed by atoms with van der Waals surface area (Å²) in [6.45, 7) is 9.74. The summed E-state index contributed by atoms with van der Waals surface area (Å²) in [6, 6.07) is 16.2. The maximum Gasteiger partial charge on any atom is 0.254 e. The smallest absolute Gasteiger partial charge is 0.254 e. The number of para-hydroxylation sites is 1. The summed E-state index contributed by atoms with van der Waals surface area (Å²) in [5, 5.41) is 14.6. The summed E-state index contributed by atoms with van der Waals surface area (Å²) in [5.74, 6) is 0.889. The number of aryl methyl sites for hydroxylation is 2.